The van der Waals surface area contributed by atoms with E-state index in [4.69, 9.17) is 18.9 Å². The molecule has 1 heterocycles. The molecular weight excluding hydrogens is 522 g/mol. The van der Waals surface area contributed by atoms with Crippen molar-refractivity contribution in [3.8, 4) is 27.7 Å². The number of carbonyl (C=O) groups is 1. The molecule has 0 bridgehead atoms. The molecular formula is C33H39NO5S. The second kappa shape index (κ2) is 14.8. The van der Waals surface area contributed by atoms with Crippen LogP contribution in [0.3, 0.4) is 0 Å². The first-order valence-electron chi connectivity index (χ1n) is 13.8. The van der Waals surface area contributed by atoms with Gasteiger partial charge in [-0.05, 0) is 85.3 Å². The fourth-order valence-corrected chi connectivity index (χ4v) is 5.79. The molecule has 6 nitrogen and oxygen atoms in total. The lowest BCUT2D eigenvalue weighted by molar-refractivity contribution is 0.0581. The molecule has 0 fully saturated rings. The van der Waals surface area contributed by atoms with Gasteiger partial charge in [-0.1, -0.05) is 26.2 Å². The van der Waals surface area contributed by atoms with Crippen LogP contribution in [0.25, 0.3) is 20.5 Å². The molecule has 0 aliphatic carbocycles. The molecule has 0 radical (unpaired) electrons. The van der Waals surface area contributed by atoms with E-state index in [0.29, 0.717) is 23.5 Å². The Kier molecular flexibility index (Phi) is 11.0. The number of ether oxygens (including phenoxy) is 4. The highest BCUT2D eigenvalue weighted by Crippen LogP contribution is 2.41. The highest BCUT2D eigenvalue weighted by molar-refractivity contribution is 7.22. The maximum absolute atomic E-state index is 13.9. The monoisotopic (exact) mass is 561 g/mol. The summed E-state index contributed by atoms with van der Waals surface area (Å²) >= 11 is 1.59. The van der Waals surface area contributed by atoms with Crippen molar-refractivity contribution in [2.24, 2.45) is 0 Å². The Bertz CT molecular complexity index is 1360. The van der Waals surface area contributed by atoms with Crippen LogP contribution < -0.4 is 19.5 Å². The van der Waals surface area contributed by atoms with E-state index < -0.39 is 0 Å². The van der Waals surface area contributed by atoms with Gasteiger partial charge < -0.3 is 24.3 Å². The zero-order chi connectivity index (χ0) is 28.3. The molecule has 1 N–H and O–H groups in total. The van der Waals surface area contributed by atoms with Crippen molar-refractivity contribution in [3.05, 3.63) is 77.9 Å². The summed E-state index contributed by atoms with van der Waals surface area (Å²) in [6.45, 7) is 4.38. The molecule has 4 aromatic rings. The minimum atomic E-state index is -0.0475. The van der Waals surface area contributed by atoms with Crippen LogP contribution in [-0.2, 0) is 4.74 Å². The normalized spacial score (nSPS) is 11.9. The van der Waals surface area contributed by atoms with Gasteiger partial charge in [-0.15, -0.1) is 11.3 Å². The van der Waals surface area contributed by atoms with Gasteiger partial charge in [0, 0.05) is 39.7 Å². The zero-order valence-electron chi connectivity index (χ0n) is 23.8. The molecule has 0 saturated heterocycles. The van der Waals surface area contributed by atoms with Crippen molar-refractivity contribution in [3.63, 3.8) is 0 Å². The summed E-state index contributed by atoms with van der Waals surface area (Å²) in [6.07, 6.45) is 4.89. The molecule has 212 valence electrons. The molecule has 3 aromatic carbocycles. The van der Waals surface area contributed by atoms with Crippen LogP contribution in [0, 0.1) is 0 Å². The van der Waals surface area contributed by atoms with Gasteiger partial charge in [0.05, 0.1) is 14.2 Å². The van der Waals surface area contributed by atoms with Crippen LogP contribution in [0.2, 0.25) is 0 Å². The maximum atomic E-state index is 13.9. The van der Waals surface area contributed by atoms with E-state index in [0.717, 1.165) is 45.1 Å². The molecule has 4 rings (SSSR count). The van der Waals surface area contributed by atoms with E-state index in [9.17, 15) is 4.79 Å². The van der Waals surface area contributed by atoms with Crippen molar-refractivity contribution in [2.45, 2.75) is 38.7 Å². The molecule has 1 atom stereocenters. The van der Waals surface area contributed by atoms with Crippen molar-refractivity contribution >= 4 is 27.2 Å². The number of thiophene rings is 1. The summed E-state index contributed by atoms with van der Waals surface area (Å²) in [5.74, 6) is 2.21. The van der Waals surface area contributed by atoms with Gasteiger partial charge in [0.15, 0.2) is 5.78 Å². The zero-order valence-corrected chi connectivity index (χ0v) is 24.6. The number of benzene rings is 3. The molecule has 0 aliphatic heterocycles. The number of unbranched alkanes of at least 4 members (excludes halogenated alkanes) is 3. The fraction of sp³-hybridized carbons (Fsp3) is 0.364. The topological polar surface area (TPSA) is 66.0 Å². The molecule has 0 saturated carbocycles. The van der Waals surface area contributed by atoms with Gasteiger partial charge in [-0.25, -0.2) is 0 Å². The van der Waals surface area contributed by atoms with Crippen LogP contribution >= 0.6 is 11.3 Å². The fourth-order valence-electron chi connectivity index (χ4n) is 4.56. The number of carbonyl (C=O) groups excluding carboxylic acids is 1. The number of hydrogen-bond acceptors (Lipinski definition) is 7. The summed E-state index contributed by atoms with van der Waals surface area (Å²) in [4.78, 5) is 14.8. The lowest BCUT2D eigenvalue weighted by atomic mass is 9.97. The largest absolute Gasteiger partial charge is 0.497 e. The van der Waals surface area contributed by atoms with Gasteiger partial charge in [-0.3, -0.25) is 4.79 Å². The van der Waals surface area contributed by atoms with E-state index in [1.165, 1.54) is 25.7 Å². The Morgan fingerprint density at radius 1 is 0.850 bits per heavy atom. The van der Waals surface area contributed by atoms with Crippen LogP contribution in [-0.4, -0.2) is 52.9 Å². The Hall–Kier alpha value is -3.39. The number of hydrogen-bond donors (Lipinski definition) is 1. The second-order valence-electron chi connectivity index (χ2n) is 9.68. The van der Waals surface area contributed by atoms with Crippen LogP contribution in [0.1, 0.15) is 48.5 Å². The van der Waals surface area contributed by atoms with E-state index in [2.05, 4.69) is 12.2 Å². The van der Waals surface area contributed by atoms with Gasteiger partial charge >= 0.3 is 0 Å². The Labute approximate surface area is 241 Å². The van der Waals surface area contributed by atoms with E-state index in [1.54, 1.807) is 32.7 Å². The molecule has 1 aromatic heterocycles. The number of methoxy groups -OCH3 is 3. The predicted molar refractivity (Wildman–Crippen MR) is 164 cm³/mol. The first kappa shape index (κ1) is 29.6. The van der Waals surface area contributed by atoms with E-state index >= 15 is 0 Å². The van der Waals surface area contributed by atoms with Crippen LogP contribution in [0.4, 0.5) is 0 Å². The predicted octanol–water partition coefficient (Wildman–Crippen LogP) is 7.38. The van der Waals surface area contributed by atoms with Crippen molar-refractivity contribution < 1.29 is 23.7 Å². The molecule has 0 spiro atoms. The highest BCUT2D eigenvalue weighted by atomic mass is 32.1. The summed E-state index contributed by atoms with van der Waals surface area (Å²) in [5.41, 5.74) is 2.26. The second-order valence-corrected chi connectivity index (χ2v) is 10.7. The Morgan fingerprint density at radius 3 is 2.23 bits per heavy atom. The van der Waals surface area contributed by atoms with Crippen LogP contribution in [0.15, 0.2) is 66.7 Å². The third-order valence-corrected chi connectivity index (χ3v) is 8.14. The average Bonchev–Trinajstić information content (AvgIpc) is 3.39. The maximum Gasteiger partial charge on any atom is 0.195 e. The standard InChI is InChI=1S/C33H39NO5S/c1-5-6-7-8-19-34-21-28(38-4)22-39-26-15-9-23(10-16-26)32(35)31-29-18-17-27(37-3)20-30(29)40-33(31)24-11-13-25(36-2)14-12-24/h9-18,20,28,34H,5-8,19,21-22H2,1-4H3. The van der Waals surface area contributed by atoms with Gasteiger partial charge in [-0.2, -0.15) is 0 Å². The molecule has 40 heavy (non-hydrogen) atoms. The van der Waals surface area contributed by atoms with Crippen molar-refractivity contribution in [1.82, 2.24) is 5.32 Å². The van der Waals surface area contributed by atoms with E-state index in [1.807, 2.05) is 66.7 Å². The summed E-state index contributed by atoms with van der Waals surface area (Å²) < 4.78 is 23.3. The van der Waals surface area contributed by atoms with Gasteiger partial charge in [0.1, 0.15) is 30.0 Å². The smallest absolute Gasteiger partial charge is 0.195 e. The lowest BCUT2D eigenvalue weighted by Crippen LogP contribution is -2.33. The molecule has 7 heteroatoms. The van der Waals surface area contributed by atoms with Gasteiger partial charge in [0.2, 0.25) is 0 Å². The van der Waals surface area contributed by atoms with E-state index in [-0.39, 0.29) is 11.9 Å². The Balaban J connectivity index is 1.49. The van der Waals surface area contributed by atoms with Crippen molar-refractivity contribution in [2.75, 3.05) is 41.0 Å². The molecule has 1 unspecified atom stereocenters. The number of rotatable bonds is 16. The third-order valence-electron chi connectivity index (χ3n) is 6.94. The van der Waals surface area contributed by atoms with Crippen LogP contribution in [0.5, 0.6) is 17.2 Å². The summed E-state index contributed by atoms with van der Waals surface area (Å²) in [6, 6.07) is 21.0. The van der Waals surface area contributed by atoms with Gasteiger partial charge in [0.25, 0.3) is 0 Å². The Morgan fingerprint density at radius 2 is 1.55 bits per heavy atom. The third kappa shape index (κ3) is 7.42. The number of nitrogens with one attached hydrogen (secondary N) is 1. The average molecular weight is 562 g/mol. The summed E-state index contributed by atoms with van der Waals surface area (Å²) in [5, 5.41) is 4.36. The molecule has 0 aliphatic rings. The summed E-state index contributed by atoms with van der Waals surface area (Å²) in [7, 11) is 5.00. The molecule has 0 amide bonds. The minimum absolute atomic E-state index is 0.0316. The first-order chi connectivity index (χ1) is 19.6. The minimum Gasteiger partial charge on any atom is -0.497 e. The SMILES string of the molecule is CCCCCCNCC(COc1ccc(C(=O)c2c(-c3ccc(OC)cc3)sc3cc(OC)ccc23)cc1)OC. The number of ketones is 1. The van der Waals surface area contributed by atoms with Crippen molar-refractivity contribution in [1.29, 1.82) is 0 Å². The number of fused-ring (bicyclic) bond motifs is 1. The lowest BCUT2D eigenvalue weighted by Gasteiger charge is -2.17. The quantitative estimate of drug-likeness (QED) is 0.114. The first-order valence-corrected chi connectivity index (χ1v) is 14.7. The highest BCUT2D eigenvalue weighted by Gasteiger charge is 2.22.